The van der Waals surface area contributed by atoms with Crippen molar-refractivity contribution >= 4 is 35.3 Å². The average molecular weight is 572 g/mol. The number of carbonyl (C=O) groups is 2. The summed E-state index contributed by atoms with van der Waals surface area (Å²) in [4.78, 5) is 26.3. The van der Waals surface area contributed by atoms with Gasteiger partial charge in [0.2, 0.25) is 0 Å². The van der Waals surface area contributed by atoms with Gasteiger partial charge >= 0.3 is 12.1 Å². The molecule has 0 saturated heterocycles. The summed E-state index contributed by atoms with van der Waals surface area (Å²) in [6.07, 6.45) is 0.581. The van der Waals surface area contributed by atoms with Crippen molar-refractivity contribution in [1.29, 1.82) is 0 Å². The van der Waals surface area contributed by atoms with E-state index in [4.69, 9.17) is 32.7 Å². The number of fused-ring (bicyclic) bond motifs is 1. The molecule has 0 spiro atoms. The van der Waals surface area contributed by atoms with Crippen LogP contribution in [0.25, 0.3) is 0 Å². The molecule has 3 aromatic carbocycles. The molecule has 1 amide bonds. The van der Waals surface area contributed by atoms with Gasteiger partial charge in [0, 0.05) is 11.1 Å². The van der Waals surface area contributed by atoms with Crippen molar-refractivity contribution in [2.45, 2.75) is 57.8 Å². The first-order chi connectivity index (χ1) is 18.4. The Morgan fingerprint density at radius 1 is 1.00 bits per heavy atom. The largest absolute Gasteiger partial charge is 0.478 e. The Bertz CT molecular complexity index is 1350. The zero-order chi connectivity index (χ0) is 28.3. The molecule has 3 aromatic rings. The predicted molar refractivity (Wildman–Crippen MR) is 150 cm³/mol. The molecule has 0 unspecified atom stereocenters. The second-order valence-corrected chi connectivity index (χ2v) is 11.4. The van der Waals surface area contributed by atoms with Crippen molar-refractivity contribution in [3.63, 3.8) is 0 Å². The first kappa shape index (κ1) is 28.7. The van der Waals surface area contributed by atoms with Crippen LogP contribution >= 0.6 is 23.2 Å². The minimum absolute atomic E-state index is 0.0422. The number of carboxylic acids is 1. The lowest BCUT2D eigenvalue weighted by molar-refractivity contribution is 0.00194. The van der Waals surface area contributed by atoms with Gasteiger partial charge < -0.3 is 24.6 Å². The number of aromatic carboxylic acids is 1. The molecule has 0 bridgehead atoms. The lowest BCUT2D eigenvalue weighted by Gasteiger charge is -2.37. The molecule has 9 heteroatoms. The fourth-order valence-electron chi connectivity index (χ4n) is 4.58. The Balaban J connectivity index is 1.56. The topological polar surface area (TPSA) is 96.3 Å². The zero-order valence-corrected chi connectivity index (χ0v) is 23.5. The highest BCUT2D eigenvalue weighted by Gasteiger charge is 2.33. The number of rotatable bonds is 7. The zero-order valence-electron chi connectivity index (χ0n) is 22.0. The number of amides is 1. The second kappa shape index (κ2) is 11.9. The van der Waals surface area contributed by atoms with Crippen molar-refractivity contribution in [2.24, 2.45) is 0 Å². The maximum atomic E-state index is 13.3. The van der Waals surface area contributed by atoms with E-state index < -0.39 is 23.8 Å². The van der Waals surface area contributed by atoms with Gasteiger partial charge in [-0.2, -0.15) is 0 Å². The van der Waals surface area contributed by atoms with Gasteiger partial charge in [0.15, 0.2) is 0 Å². The summed E-state index contributed by atoms with van der Waals surface area (Å²) < 4.78 is 11.7. The summed E-state index contributed by atoms with van der Waals surface area (Å²) in [6, 6.07) is 16.9. The maximum Gasteiger partial charge on any atom is 0.410 e. The lowest BCUT2D eigenvalue weighted by Crippen LogP contribution is -2.47. The first-order valence-corrected chi connectivity index (χ1v) is 13.4. The van der Waals surface area contributed by atoms with Crippen molar-refractivity contribution in [1.82, 2.24) is 4.90 Å². The van der Waals surface area contributed by atoms with E-state index in [9.17, 15) is 19.8 Å². The molecular formula is C30H31Cl2NO6. The summed E-state index contributed by atoms with van der Waals surface area (Å²) in [5.41, 5.74) is 2.07. The van der Waals surface area contributed by atoms with Gasteiger partial charge in [-0.25, -0.2) is 9.59 Å². The number of aliphatic hydroxyl groups excluding tert-OH is 1. The summed E-state index contributed by atoms with van der Waals surface area (Å²) in [5, 5.41) is 21.0. The molecule has 39 heavy (non-hydrogen) atoms. The summed E-state index contributed by atoms with van der Waals surface area (Å²) in [7, 11) is 0. The van der Waals surface area contributed by atoms with E-state index in [2.05, 4.69) is 0 Å². The molecule has 0 radical (unpaired) electrons. The number of nitrogens with zero attached hydrogens (tertiary/aromatic N) is 1. The normalized spacial score (nSPS) is 15.7. The number of hydrogen-bond acceptors (Lipinski definition) is 5. The number of aliphatic hydroxyl groups is 1. The number of aryl methyl sites for hydroxylation is 1. The summed E-state index contributed by atoms with van der Waals surface area (Å²) in [6.45, 7) is 5.50. The maximum absolute atomic E-state index is 13.3. The van der Waals surface area contributed by atoms with Crippen LogP contribution in [0.3, 0.4) is 0 Å². The highest BCUT2D eigenvalue weighted by Crippen LogP contribution is 2.33. The molecule has 2 N–H and O–H groups in total. The van der Waals surface area contributed by atoms with E-state index >= 15 is 0 Å². The fourth-order valence-corrected chi connectivity index (χ4v) is 4.91. The van der Waals surface area contributed by atoms with Crippen LogP contribution in [0.1, 0.15) is 60.3 Å². The molecule has 0 aliphatic heterocycles. The monoisotopic (exact) mass is 571 g/mol. The number of carboxylic acid groups (broad SMARTS) is 1. The second-order valence-electron chi connectivity index (χ2n) is 10.6. The van der Waals surface area contributed by atoms with E-state index in [0.29, 0.717) is 34.9 Å². The van der Waals surface area contributed by atoms with Gasteiger partial charge in [-0.3, -0.25) is 0 Å². The van der Waals surface area contributed by atoms with E-state index in [1.165, 1.54) is 12.1 Å². The van der Waals surface area contributed by atoms with Crippen molar-refractivity contribution < 1.29 is 29.3 Å². The number of hydrogen-bond donors (Lipinski definition) is 2. The molecule has 4 rings (SSSR count). The molecule has 1 aliphatic rings. The van der Waals surface area contributed by atoms with Crippen LogP contribution in [-0.4, -0.2) is 45.4 Å². The van der Waals surface area contributed by atoms with Crippen LogP contribution in [0.15, 0.2) is 60.7 Å². The average Bonchev–Trinajstić information content (AvgIpc) is 2.87. The molecule has 0 aromatic heterocycles. The molecule has 2 atom stereocenters. The van der Waals surface area contributed by atoms with Crippen LogP contribution in [0, 0.1) is 0 Å². The predicted octanol–water partition coefficient (Wildman–Crippen LogP) is 7.31. The summed E-state index contributed by atoms with van der Waals surface area (Å²) >= 11 is 12.0. The quantitative estimate of drug-likeness (QED) is 0.308. The minimum atomic E-state index is -1.14. The Kier molecular flexibility index (Phi) is 8.74. The van der Waals surface area contributed by atoms with Crippen molar-refractivity contribution in [3.8, 4) is 11.5 Å². The molecule has 1 aliphatic carbocycles. The lowest BCUT2D eigenvalue weighted by atomic mass is 9.87. The van der Waals surface area contributed by atoms with E-state index in [1.807, 2.05) is 39.0 Å². The van der Waals surface area contributed by atoms with Crippen LogP contribution in [0.2, 0.25) is 10.0 Å². The smallest absolute Gasteiger partial charge is 0.410 e. The number of benzene rings is 3. The molecule has 7 nitrogen and oxygen atoms in total. The third kappa shape index (κ3) is 7.44. The third-order valence-corrected chi connectivity index (χ3v) is 7.06. The van der Waals surface area contributed by atoms with Gasteiger partial charge in [0.1, 0.15) is 17.1 Å². The number of carbonyl (C=O) groups excluding carboxylic acids is 1. The van der Waals surface area contributed by atoms with E-state index in [1.54, 1.807) is 35.2 Å². The van der Waals surface area contributed by atoms with Gasteiger partial charge in [-0.05, 0) is 99.2 Å². The molecular weight excluding hydrogens is 541 g/mol. The Labute approximate surface area is 237 Å². The SMILES string of the molecule is CC(C)(C)OC(=O)N(C[C@@H](O)c1ccc(Cl)cc1)[C@H]1CCc2ccc(Oc3ccc(Cl)c(C(=O)O)c3)cc2C1. The molecule has 206 valence electrons. The van der Waals surface area contributed by atoms with Crippen LogP contribution in [-0.2, 0) is 17.6 Å². The van der Waals surface area contributed by atoms with Crippen molar-refractivity contribution in [2.75, 3.05) is 6.54 Å². The van der Waals surface area contributed by atoms with Crippen LogP contribution < -0.4 is 4.74 Å². The molecule has 0 saturated carbocycles. The molecule has 0 fully saturated rings. The number of ether oxygens (including phenoxy) is 2. The van der Waals surface area contributed by atoms with Crippen LogP contribution in [0.4, 0.5) is 4.79 Å². The van der Waals surface area contributed by atoms with Crippen molar-refractivity contribution in [3.05, 3.63) is 93.0 Å². The van der Waals surface area contributed by atoms with Crippen LogP contribution in [0.5, 0.6) is 11.5 Å². The standard InChI is InChI=1S/C30H31Cl2NO6/c1-30(2,3)39-29(37)33(17-27(34)19-4-8-21(31)9-5-19)22-10-6-18-7-11-23(15-20(18)14-22)38-24-12-13-26(32)25(16-24)28(35)36/h4-5,7-9,11-13,15-16,22,27,34H,6,10,14,17H2,1-3H3,(H,35,36)/t22-,27+/m0/s1. The first-order valence-electron chi connectivity index (χ1n) is 12.7. The Morgan fingerprint density at radius 3 is 2.33 bits per heavy atom. The van der Waals surface area contributed by atoms with Gasteiger partial charge in [0.25, 0.3) is 0 Å². The molecule has 0 heterocycles. The van der Waals surface area contributed by atoms with Gasteiger partial charge in [0.05, 0.1) is 23.2 Å². The Morgan fingerprint density at radius 2 is 1.67 bits per heavy atom. The van der Waals surface area contributed by atoms with E-state index in [-0.39, 0.29) is 23.2 Å². The van der Waals surface area contributed by atoms with Gasteiger partial charge in [-0.1, -0.05) is 41.4 Å². The number of halogens is 2. The highest BCUT2D eigenvalue weighted by molar-refractivity contribution is 6.33. The van der Waals surface area contributed by atoms with Gasteiger partial charge in [-0.15, -0.1) is 0 Å². The minimum Gasteiger partial charge on any atom is -0.478 e. The Hall–Kier alpha value is -3.26. The fraction of sp³-hybridized carbons (Fsp3) is 0.333. The van der Waals surface area contributed by atoms with E-state index in [0.717, 1.165) is 17.5 Å². The summed E-state index contributed by atoms with van der Waals surface area (Å²) in [5.74, 6) is -0.245. The third-order valence-electron chi connectivity index (χ3n) is 6.48. The highest BCUT2D eigenvalue weighted by atomic mass is 35.5.